The van der Waals surface area contributed by atoms with Gasteiger partial charge < -0.3 is 0 Å². The number of alkyl halides is 9. The predicted molar refractivity (Wildman–Crippen MR) is 93.9 cm³/mol. The highest BCUT2D eigenvalue weighted by Gasteiger charge is 2.99. The normalized spacial score (nSPS) is 23.4. The van der Waals surface area contributed by atoms with Crippen LogP contribution in [0.25, 0.3) is 0 Å². The molecule has 0 bridgehead atoms. The van der Waals surface area contributed by atoms with Gasteiger partial charge in [-0.15, -0.1) is 0 Å². The minimum absolute atomic E-state index is 0.0337. The van der Waals surface area contributed by atoms with Crippen LogP contribution in [0.1, 0.15) is 96.8 Å². The molecule has 1 aliphatic carbocycles. The third-order valence-corrected chi connectivity index (χ3v) is 5.80. The van der Waals surface area contributed by atoms with Gasteiger partial charge in [0.05, 0.1) is 0 Å². The highest BCUT2D eigenvalue weighted by atomic mass is 19.4. The summed E-state index contributed by atoms with van der Waals surface area (Å²) in [7, 11) is 0. The zero-order valence-electron chi connectivity index (χ0n) is 16.8. The van der Waals surface area contributed by atoms with Crippen molar-refractivity contribution in [3.63, 3.8) is 0 Å². The molecule has 0 N–H and O–H groups in total. The van der Waals surface area contributed by atoms with E-state index in [-0.39, 0.29) is 6.42 Å². The Hall–Kier alpha value is -0.630. The first-order valence-corrected chi connectivity index (χ1v) is 10.5. The molecule has 0 saturated heterocycles. The lowest BCUT2D eigenvalue weighted by Gasteiger charge is -2.30. The van der Waals surface area contributed by atoms with Crippen LogP contribution in [-0.4, -0.2) is 29.4 Å². The van der Waals surface area contributed by atoms with Gasteiger partial charge >= 0.3 is 23.7 Å². The third kappa shape index (κ3) is 4.83. The Balaban J connectivity index is 2.31. The molecule has 1 aliphatic rings. The van der Waals surface area contributed by atoms with E-state index in [0.29, 0.717) is 12.8 Å². The SMILES string of the molecule is CCCCCCCCCCCCCCCC1(F)C(F)(F)C(F)(F)C(F)(F)C1(F)F. The monoisotopic (exact) mass is 442 g/mol. The molecule has 1 rings (SSSR count). The lowest BCUT2D eigenvalue weighted by atomic mass is 9.90. The van der Waals surface area contributed by atoms with Crippen molar-refractivity contribution in [1.82, 2.24) is 0 Å². The molecule has 0 amide bonds. The standard InChI is InChI=1S/C20H31F9/c1-2-3-4-5-6-7-8-9-10-11-12-13-14-15-16(21)17(22,23)19(26,27)20(28,29)18(16,24)25/h2-15H2,1H3. The lowest BCUT2D eigenvalue weighted by molar-refractivity contribution is -0.303. The van der Waals surface area contributed by atoms with Crippen LogP contribution in [0.5, 0.6) is 0 Å². The molecule has 1 fully saturated rings. The third-order valence-electron chi connectivity index (χ3n) is 5.80. The Morgan fingerprint density at radius 2 is 0.655 bits per heavy atom. The van der Waals surface area contributed by atoms with E-state index >= 15 is 0 Å². The zero-order valence-corrected chi connectivity index (χ0v) is 16.8. The van der Waals surface area contributed by atoms with Crippen molar-refractivity contribution in [2.45, 2.75) is 126 Å². The van der Waals surface area contributed by atoms with E-state index in [9.17, 15) is 39.5 Å². The Kier molecular flexibility index (Phi) is 9.21. The molecule has 0 radical (unpaired) electrons. The van der Waals surface area contributed by atoms with E-state index in [2.05, 4.69) is 6.92 Å². The Labute approximate surface area is 166 Å². The minimum Gasteiger partial charge on any atom is -0.230 e. The Bertz CT molecular complexity index is 462. The van der Waals surface area contributed by atoms with Crippen molar-refractivity contribution in [3.05, 3.63) is 0 Å². The summed E-state index contributed by atoms with van der Waals surface area (Å²) in [5.41, 5.74) is -5.27. The molecular formula is C20H31F9. The van der Waals surface area contributed by atoms with Crippen LogP contribution in [0.4, 0.5) is 39.5 Å². The van der Waals surface area contributed by atoms with Crippen LogP contribution >= 0.6 is 0 Å². The fourth-order valence-corrected chi connectivity index (χ4v) is 3.79. The van der Waals surface area contributed by atoms with Crippen molar-refractivity contribution in [1.29, 1.82) is 0 Å². The second-order valence-corrected chi connectivity index (χ2v) is 8.09. The first-order chi connectivity index (χ1) is 13.3. The number of rotatable bonds is 14. The van der Waals surface area contributed by atoms with E-state index in [0.717, 1.165) is 32.1 Å². The molecule has 174 valence electrons. The highest BCUT2D eigenvalue weighted by Crippen LogP contribution is 2.70. The van der Waals surface area contributed by atoms with Crippen molar-refractivity contribution in [2.24, 2.45) is 0 Å². The van der Waals surface area contributed by atoms with Gasteiger partial charge in [-0.3, -0.25) is 0 Å². The smallest absolute Gasteiger partial charge is 0.230 e. The van der Waals surface area contributed by atoms with E-state index in [1.165, 1.54) is 25.7 Å². The van der Waals surface area contributed by atoms with Gasteiger partial charge in [0.1, 0.15) is 0 Å². The van der Waals surface area contributed by atoms with Gasteiger partial charge in [-0.05, 0) is 12.8 Å². The first-order valence-electron chi connectivity index (χ1n) is 10.5. The van der Waals surface area contributed by atoms with Gasteiger partial charge in [-0.1, -0.05) is 84.0 Å². The molecular weight excluding hydrogens is 411 g/mol. The van der Waals surface area contributed by atoms with Gasteiger partial charge in [-0.2, -0.15) is 35.1 Å². The van der Waals surface area contributed by atoms with E-state index in [1.807, 2.05) is 0 Å². The molecule has 0 aromatic rings. The molecule has 0 aliphatic heterocycles. The second-order valence-electron chi connectivity index (χ2n) is 8.09. The average molecular weight is 442 g/mol. The molecule has 29 heavy (non-hydrogen) atoms. The van der Waals surface area contributed by atoms with Crippen LogP contribution in [0.15, 0.2) is 0 Å². The molecule has 0 spiro atoms. The Morgan fingerprint density at radius 1 is 0.379 bits per heavy atom. The fraction of sp³-hybridized carbons (Fsp3) is 1.00. The van der Waals surface area contributed by atoms with Gasteiger partial charge in [0, 0.05) is 0 Å². The predicted octanol–water partition coefficient (Wildman–Crippen LogP) is 8.73. The van der Waals surface area contributed by atoms with Gasteiger partial charge in [0.15, 0.2) is 0 Å². The van der Waals surface area contributed by atoms with Crippen LogP contribution in [-0.2, 0) is 0 Å². The molecule has 0 unspecified atom stereocenters. The van der Waals surface area contributed by atoms with Crippen LogP contribution < -0.4 is 0 Å². The molecule has 1 saturated carbocycles. The van der Waals surface area contributed by atoms with Crippen LogP contribution in [0.2, 0.25) is 0 Å². The maximum atomic E-state index is 14.2. The molecule has 0 aromatic heterocycles. The average Bonchev–Trinajstić information content (AvgIpc) is 2.68. The van der Waals surface area contributed by atoms with E-state index in [4.69, 9.17) is 0 Å². The molecule has 0 heterocycles. The first kappa shape index (κ1) is 26.4. The fourth-order valence-electron chi connectivity index (χ4n) is 3.79. The zero-order chi connectivity index (χ0) is 22.4. The molecule has 0 nitrogen and oxygen atoms in total. The summed E-state index contributed by atoms with van der Waals surface area (Å²) in [6.07, 6.45) is 8.72. The topological polar surface area (TPSA) is 0 Å². The van der Waals surface area contributed by atoms with Crippen molar-refractivity contribution in [3.8, 4) is 0 Å². The molecule has 0 atom stereocenters. The maximum Gasteiger partial charge on any atom is 0.381 e. The van der Waals surface area contributed by atoms with E-state index in [1.54, 1.807) is 0 Å². The summed E-state index contributed by atoms with van der Waals surface area (Å²) >= 11 is 0. The molecule has 9 heteroatoms. The van der Waals surface area contributed by atoms with Gasteiger partial charge in [0.25, 0.3) is 0 Å². The Morgan fingerprint density at radius 3 is 0.966 bits per heavy atom. The molecule has 0 aromatic carbocycles. The summed E-state index contributed by atoms with van der Waals surface area (Å²) in [6.45, 7) is 2.14. The van der Waals surface area contributed by atoms with Crippen molar-refractivity contribution >= 4 is 0 Å². The number of halogens is 9. The largest absolute Gasteiger partial charge is 0.381 e. The summed E-state index contributed by atoms with van der Waals surface area (Å²) < 4.78 is 121. The highest BCUT2D eigenvalue weighted by molar-refractivity contribution is 5.26. The summed E-state index contributed by atoms with van der Waals surface area (Å²) in [6, 6.07) is 0. The maximum absolute atomic E-state index is 14.2. The van der Waals surface area contributed by atoms with Gasteiger partial charge in [0.2, 0.25) is 5.67 Å². The van der Waals surface area contributed by atoms with Gasteiger partial charge in [-0.25, -0.2) is 4.39 Å². The van der Waals surface area contributed by atoms with Crippen molar-refractivity contribution in [2.75, 3.05) is 0 Å². The summed E-state index contributed by atoms with van der Waals surface area (Å²) in [5, 5.41) is 0. The summed E-state index contributed by atoms with van der Waals surface area (Å²) in [5.74, 6) is -25.2. The second kappa shape index (κ2) is 10.1. The van der Waals surface area contributed by atoms with Crippen LogP contribution in [0.3, 0.4) is 0 Å². The van der Waals surface area contributed by atoms with Crippen LogP contribution in [0, 0.1) is 0 Å². The quantitative estimate of drug-likeness (QED) is 0.186. The number of unbranched alkanes of at least 4 members (excludes halogenated alkanes) is 12. The number of hydrogen-bond donors (Lipinski definition) is 0. The van der Waals surface area contributed by atoms with Crippen molar-refractivity contribution < 1.29 is 39.5 Å². The summed E-state index contributed by atoms with van der Waals surface area (Å²) in [4.78, 5) is 0. The lowest BCUT2D eigenvalue weighted by Crippen LogP contribution is -2.54. The van der Waals surface area contributed by atoms with E-state index < -0.39 is 42.2 Å². The minimum atomic E-state index is -6.45. The number of hydrogen-bond acceptors (Lipinski definition) is 0.